The van der Waals surface area contributed by atoms with Crippen LogP contribution in [0.15, 0.2) is 42.5 Å². The first kappa shape index (κ1) is 20.2. The number of nitrogens with one attached hydrogen (secondary N) is 1. The van der Waals surface area contributed by atoms with E-state index in [9.17, 15) is 14.4 Å². The molecule has 0 atom stereocenters. The average molecular weight is 369 g/mol. The summed E-state index contributed by atoms with van der Waals surface area (Å²) in [6.07, 6.45) is 0. The smallest absolute Gasteiger partial charge is 0.325 e. The lowest BCUT2D eigenvalue weighted by molar-refractivity contribution is -0.141. The maximum Gasteiger partial charge on any atom is 0.325 e. The van der Waals surface area contributed by atoms with Gasteiger partial charge in [-0.05, 0) is 50.6 Å². The van der Waals surface area contributed by atoms with Crippen LogP contribution in [-0.2, 0) is 9.53 Å². The topological polar surface area (TPSA) is 81.7 Å². The molecule has 2 aromatic carbocycles. The van der Waals surface area contributed by atoms with Crippen LogP contribution in [-0.4, -0.2) is 37.4 Å². The first-order valence-electron chi connectivity index (χ1n) is 8.68. The summed E-state index contributed by atoms with van der Waals surface area (Å²) >= 11 is 0. The van der Waals surface area contributed by atoms with Crippen molar-refractivity contribution in [2.75, 3.05) is 19.8 Å². The molecule has 0 aliphatic carbocycles. The number of benzene rings is 2. The molecule has 0 spiro atoms. The SMILES string of the molecule is CCOc1ccc(C(=O)NCC(=O)OCC(=O)c2ccc(C)cc2C)cc1. The second-order valence-corrected chi connectivity index (χ2v) is 6.04. The van der Waals surface area contributed by atoms with Gasteiger partial charge in [0.1, 0.15) is 12.3 Å². The van der Waals surface area contributed by atoms with Gasteiger partial charge in [0.15, 0.2) is 6.61 Å². The number of carbonyl (C=O) groups excluding carboxylic acids is 3. The molecule has 2 aromatic rings. The summed E-state index contributed by atoms with van der Waals surface area (Å²) < 4.78 is 10.3. The van der Waals surface area contributed by atoms with E-state index in [1.165, 1.54) is 0 Å². The van der Waals surface area contributed by atoms with Crippen molar-refractivity contribution in [3.05, 3.63) is 64.7 Å². The third-order valence-electron chi connectivity index (χ3n) is 3.87. The van der Waals surface area contributed by atoms with Crippen LogP contribution >= 0.6 is 0 Å². The number of carbonyl (C=O) groups is 3. The Morgan fingerprint density at radius 3 is 2.33 bits per heavy atom. The van der Waals surface area contributed by atoms with Gasteiger partial charge < -0.3 is 14.8 Å². The molecule has 6 nitrogen and oxygen atoms in total. The van der Waals surface area contributed by atoms with E-state index < -0.39 is 11.9 Å². The zero-order chi connectivity index (χ0) is 19.8. The number of ether oxygens (including phenoxy) is 2. The highest BCUT2D eigenvalue weighted by Gasteiger charge is 2.13. The van der Waals surface area contributed by atoms with Gasteiger partial charge in [-0.25, -0.2) is 0 Å². The fraction of sp³-hybridized carbons (Fsp3) is 0.286. The van der Waals surface area contributed by atoms with Crippen LogP contribution in [0.5, 0.6) is 5.75 Å². The molecule has 142 valence electrons. The minimum atomic E-state index is -0.674. The Morgan fingerprint density at radius 1 is 1.00 bits per heavy atom. The Morgan fingerprint density at radius 2 is 1.70 bits per heavy atom. The fourth-order valence-electron chi connectivity index (χ4n) is 2.52. The summed E-state index contributed by atoms with van der Waals surface area (Å²) in [5.41, 5.74) is 2.81. The number of esters is 1. The van der Waals surface area contributed by atoms with Crippen LogP contribution in [0.25, 0.3) is 0 Å². The van der Waals surface area contributed by atoms with E-state index in [0.717, 1.165) is 11.1 Å². The molecule has 1 amide bonds. The van der Waals surface area contributed by atoms with Crippen molar-refractivity contribution in [3.8, 4) is 5.75 Å². The molecule has 6 heteroatoms. The van der Waals surface area contributed by atoms with Gasteiger partial charge in [-0.3, -0.25) is 14.4 Å². The van der Waals surface area contributed by atoms with Crippen molar-refractivity contribution < 1.29 is 23.9 Å². The summed E-state index contributed by atoms with van der Waals surface area (Å²) in [7, 11) is 0. The molecule has 0 radical (unpaired) electrons. The van der Waals surface area contributed by atoms with E-state index in [2.05, 4.69) is 5.32 Å². The molecular formula is C21H23NO5. The van der Waals surface area contributed by atoms with E-state index in [1.807, 2.05) is 32.9 Å². The molecule has 0 fully saturated rings. The maximum atomic E-state index is 12.1. The lowest BCUT2D eigenvalue weighted by Gasteiger charge is -2.08. The highest BCUT2D eigenvalue weighted by atomic mass is 16.5. The lowest BCUT2D eigenvalue weighted by Crippen LogP contribution is -2.31. The number of ketones is 1. The molecule has 0 aliphatic heterocycles. The van der Waals surface area contributed by atoms with Crippen molar-refractivity contribution in [3.63, 3.8) is 0 Å². The molecule has 0 aromatic heterocycles. The van der Waals surface area contributed by atoms with Crippen LogP contribution in [0.3, 0.4) is 0 Å². The third-order valence-corrected chi connectivity index (χ3v) is 3.87. The van der Waals surface area contributed by atoms with Crippen LogP contribution in [0.4, 0.5) is 0 Å². The van der Waals surface area contributed by atoms with Gasteiger partial charge in [0, 0.05) is 11.1 Å². The van der Waals surface area contributed by atoms with Gasteiger partial charge in [0.25, 0.3) is 5.91 Å². The minimum Gasteiger partial charge on any atom is -0.494 e. The predicted octanol–water partition coefficient (Wildman–Crippen LogP) is 2.86. The summed E-state index contributed by atoms with van der Waals surface area (Å²) in [5.74, 6) is -0.694. The number of hydrogen-bond donors (Lipinski definition) is 1. The van der Waals surface area contributed by atoms with Gasteiger partial charge in [0.2, 0.25) is 5.78 Å². The Hall–Kier alpha value is -3.15. The number of hydrogen-bond acceptors (Lipinski definition) is 5. The van der Waals surface area contributed by atoms with E-state index in [0.29, 0.717) is 23.5 Å². The lowest BCUT2D eigenvalue weighted by atomic mass is 10.0. The zero-order valence-corrected chi connectivity index (χ0v) is 15.7. The maximum absolute atomic E-state index is 12.1. The highest BCUT2D eigenvalue weighted by Crippen LogP contribution is 2.12. The van der Waals surface area contributed by atoms with E-state index in [1.54, 1.807) is 30.3 Å². The van der Waals surface area contributed by atoms with Gasteiger partial charge in [-0.2, -0.15) is 0 Å². The van der Waals surface area contributed by atoms with Crippen molar-refractivity contribution in [1.29, 1.82) is 0 Å². The fourth-order valence-corrected chi connectivity index (χ4v) is 2.52. The monoisotopic (exact) mass is 369 g/mol. The van der Waals surface area contributed by atoms with E-state index >= 15 is 0 Å². The molecule has 27 heavy (non-hydrogen) atoms. The van der Waals surface area contributed by atoms with E-state index in [-0.39, 0.29) is 18.9 Å². The molecule has 0 unspecified atom stereocenters. The zero-order valence-electron chi connectivity index (χ0n) is 15.7. The van der Waals surface area contributed by atoms with E-state index in [4.69, 9.17) is 9.47 Å². The Balaban J connectivity index is 1.80. The molecule has 0 saturated carbocycles. The van der Waals surface area contributed by atoms with Crippen LogP contribution in [0.2, 0.25) is 0 Å². The van der Waals surface area contributed by atoms with Crippen molar-refractivity contribution >= 4 is 17.7 Å². The van der Waals surface area contributed by atoms with Crippen LogP contribution in [0, 0.1) is 13.8 Å². The number of rotatable bonds is 8. The average Bonchev–Trinajstić information content (AvgIpc) is 2.65. The Kier molecular flexibility index (Phi) is 7.11. The first-order valence-corrected chi connectivity index (χ1v) is 8.68. The minimum absolute atomic E-state index is 0.279. The number of aryl methyl sites for hydroxylation is 2. The third kappa shape index (κ3) is 5.95. The molecule has 0 bridgehead atoms. The second kappa shape index (κ2) is 9.52. The molecule has 2 rings (SSSR count). The molecule has 0 saturated heterocycles. The normalized spacial score (nSPS) is 10.2. The molecule has 0 aliphatic rings. The van der Waals surface area contributed by atoms with Crippen molar-refractivity contribution in [2.24, 2.45) is 0 Å². The quantitative estimate of drug-likeness (QED) is 0.572. The Labute approximate surface area is 158 Å². The molecular weight excluding hydrogens is 346 g/mol. The summed E-state index contributed by atoms with van der Waals surface area (Å²) in [6, 6.07) is 12.0. The summed E-state index contributed by atoms with van der Waals surface area (Å²) in [5, 5.41) is 2.47. The largest absolute Gasteiger partial charge is 0.494 e. The van der Waals surface area contributed by atoms with Crippen LogP contribution in [0.1, 0.15) is 38.8 Å². The first-order chi connectivity index (χ1) is 12.9. The van der Waals surface area contributed by atoms with Gasteiger partial charge in [-0.1, -0.05) is 23.8 Å². The summed E-state index contributed by atoms with van der Waals surface area (Å²) in [6.45, 7) is 5.51. The Bertz CT molecular complexity index is 827. The molecule has 1 N–H and O–H groups in total. The van der Waals surface area contributed by atoms with Crippen molar-refractivity contribution in [1.82, 2.24) is 5.32 Å². The van der Waals surface area contributed by atoms with Gasteiger partial charge >= 0.3 is 5.97 Å². The standard InChI is InChI=1S/C21H23NO5/c1-4-26-17-8-6-16(7-9-17)21(25)22-12-20(24)27-13-19(23)18-10-5-14(2)11-15(18)3/h5-11H,4,12-13H2,1-3H3,(H,22,25). The predicted molar refractivity (Wildman–Crippen MR) is 101 cm³/mol. The van der Waals surface area contributed by atoms with Crippen molar-refractivity contribution in [2.45, 2.75) is 20.8 Å². The molecule has 0 heterocycles. The van der Waals surface area contributed by atoms with Crippen LogP contribution < -0.4 is 10.1 Å². The summed E-state index contributed by atoms with van der Waals surface area (Å²) in [4.78, 5) is 36.0. The highest BCUT2D eigenvalue weighted by molar-refractivity contribution is 5.99. The van der Waals surface area contributed by atoms with Gasteiger partial charge in [-0.15, -0.1) is 0 Å². The van der Waals surface area contributed by atoms with Gasteiger partial charge in [0.05, 0.1) is 6.61 Å². The number of amides is 1. The second-order valence-electron chi connectivity index (χ2n) is 6.04. The number of Topliss-reactive ketones (excluding diaryl/α,β-unsaturated/α-hetero) is 1.